The molecule has 2 aromatic heterocycles. The summed E-state index contributed by atoms with van der Waals surface area (Å²) < 4.78 is 5.13. The molecule has 0 atom stereocenters. The van der Waals surface area contributed by atoms with E-state index < -0.39 is 0 Å². The van der Waals surface area contributed by atoms with Crippen LogP contribution in [0.5, 0.6) is 5.75 Å². The predicted octanol–water partition coefficient (Wildman–Crippen LogP) is 2.31. The van der Waals surface area contributed by atoms with Gasteiger partial charge in [-0.25, -0.2) is 0 Å². The number of benzene rings is 1. The minimum absolute atomic E-state index is 0.136. The number of phenols is 1. The van der Waals surface area contributed by atoms with Crippen molar-refractivity contribution in [2.45, 2.75) is 0 Å². The molecule has 19 heavy (non-hydrogen) atoms. The Morgan fingerprint density at radius 2 is 2.16 bits per heavy atom. The van der Waals surface area contributed by atoms with Crippen molar-refractivity contribution in [1.29, 1.82) is 5.26 Å². The molecule has 0 saturated heterocycles. The van der Waals surface area contributed by atoms with Gasteiger partial charge in [-0.1, -0.05) is 17.3 Å². The number of hydrogen-bond donors (Lipinski definition) is 2. The number of nitrogens with zero attached hydrogens (tertiary/aromatic N) is 3. The smallest absolute Gasteiger partial charge is 0.259 e. The molecule has 0 fully saturated rings. The minimum Gasteiger partial charge on any atom is -0.508 e. The third-order valence-corrected chi connectivity index (χ3v) is 2.58. The first kappa shape index (κ1) is 11.0. The number of aromatic hydroxyl groups is 1. The van der Waals surface area contributed by atoms with E-state index >= 15 is 0 Å². The molecule has 3 aromatic rings. The quantitative estimate of drug-likeness (QED) is 0.729. The maximum atomic E-state index is 9.41. The molecule has 0 aliphatic rings. The van der Waals surface area contributed by atoms with Crippen LogP contribution in [-0.2, 0) is 0 Å². The Morgan fingerprint density at radius 3 is 2.89 bits per heavy atom. The molecule has 0 radical (unpaired) electrons. The summed E-state index contributed by atoms with van der Waals surface area (Å²) in [6, 6.07) is 10.2. The molecule has 2 heterocycles. The number of rotatable bonds is 2. The molecule has 0 amide bonds. The van der Waals surface area contributed by atoms with Crippen molar-refractivity contribution in [3.63, 3.8) is 0 Å². The normalized spacial score (nSPS) is 10.3. The molecule has 6 heteroatoms. The van der Waals surface area contributed by atoms with Crippen molar-refractivity contribution in [2.24, 2.45) is 0 Å². The van der Waals surface area contributed by atoms with Crippen molar-refractivity contribution in [1.82, 2.24) is 15.1 Å². The average Bonchev–Trinajstić information content (AvgIpc) is 3.07. The highest BCUT2D eigenvalue weighted by atomic mass is 16.5. The number of aromatic nitrogens is 3. The Kier molecular flexibility index (Phi) is 2.50. The highest BCUT2D eigenvalue weighted by Crippen LogP contribution is 2.24. The van der Waals surface area contributed by atoms with Crippen molar-refractivity contribution in [2.75, 3.05) is 0 Å². The van der Waals surface area contributed by atoms with Crippen LogP contribution in [0.4, 0.5) is 0 Å². The molecule has 3 rings (SSSR count). The monoisotopic (exact) mass is 252 g/mol. The maximum Gasteiger partial charge on any atom is 0.259 e. The molecule has 0 aliphatic heterocycles. The van der Waals surface area contributed by atoms with E-state index in [2.05, 4.69) is 15.1 Å². The van der Waals surface area contributed by atoms with Crippen LogP contribution < -0.4 is 0 Å². The molecule has 6 nitrogen and oxygen atoms in total. The lowest BCUT2D eigenvalue weighted by molar-refractivity contribution is 0.432. The molecule has 0 aliphatic carbocycles. The van der Waals surface area contributed by atoms with Gasteiger partial charge >= 0.3 is 0 Å². The van der Waals surface area contributed by atoms with Gasteiger partial charge in [-0.3, -0.25) is 0 Å². The summed E-state index contributed by atoms with van der Waals surface area (Å²) in [4.78, 5) is 7.00. The van der Waals surface area contributed by atoms with Crippen LogP contribution in [0.3, 0.4) is 0 Å². The summed E-state index contributed by atoms with van der Waals surface area (Å²) in [6.45, 7) is 0. The summed E-state index contributed by atoms with van der Waals surface area (Å²) in [5, 5.41) is 22.0. The van der Waals surface area contributed by atoms with E-state index in [1.54, 1.807) is 36.5 Å². The fourth-order valence-electron chi connectivity index (χ4n) is 1.69. The van der Waals surface area contributed by atoms with Crippen molar-refractivity contribution < 1.29 is 9.63 Å². The van der Waals surface area contributed by atoms with Crippen LogP contribution in [-0.4, -0.2) is 20.2 Å². The number of H-pyrrole nitrogens is 1. The predicted molar refractivity (Wildman–Crippen MR) is 65.9 cm³/mol. The molecular formula is C13H8N4O2. The number of hydrogen-bond acceptors (Lipinski definition) is 5. The van der Waals surface area contributed by atoms with E-state index in [4.69, 9.17) is 9.78 Å². The first-order valence-corrected chi connectivity index (χ1v) is 5.48. The number of aromatic amines is 1. The van der Waals surface area contributed by atoms with E-state index in [1.807, 2.05) is 6.07 Å². The Morgan fingerprint density at radius 1 is 1.26 bits per heavy atom. The van der Waals surface area contributed by atoms with Gasteiger partial charge < -0.3 is 14.6 Å². The Labute approximate surface area is 107 Å². The Bertz CT molecular complexity index is 767. The van der Waals surface area contributed by atoms with Gasteiger partial charge in [-0.15, -0.1) is 0 Å². The van der Waals surface area contributed by atoms with Crippen molar-refractivity contribution >= 4 is 0 Å². The van der Waals surface area contributed by atoms with E-state index in [0.29, 0.717) is 28.5 Å². The summed E-state index contributed by atoms with van der Waals surface area (Å²) in [5.74, 6) is 0.832. The van der Waals surface area contributed by atoms with Crippen molar-refractivity contribution in [3.05, 3.63) is 42.2 Å². The van der Waals surface area contributed by atoms with Crippen LogP contribution in [0.1, 0.15) is 5.69 Å². The minimum atomic E-state index is 0.136. The summed E-state index contributed by atoms with van der Waals surface area (Å²) in [6.07, 6.45) is 1.62. The zero-order chi connectivity index (χ0) is 13.2. The Hall–Kier alpha value is -3.07. The molecular weight excluding hydrogens is 244 g/mol. The summed E-state index contributed by atoms with van der Waals surface area (Å²) >= 11 is 0. The SMILES string of the molecule is N#Cc1cc(-c2nc(-c3cccc(O)c3)no2)c[nH]1. The molecule has 2 N–H and O–H groups in total. The molecule has 0 saturated carbocycles. The summed E-state index contributed by atoms with van der Waals surface area (Å²) in [5.41, 5.74) is 1.73. The van der Waals surface area contributed by atoms with Crippen LogP contribution in [0.2, 0.25) is 0 Å². The van der Waals surface area contributed by atoms with Gasteiger partial charge in [0, 0.05) is 11.8 Å². The van der Waals surface area contributed by atoms with Gasteiger partial charge in [0.1, 0.15) is 17.5 Å². The van der Waals surface area contributed by atoms with Gasteiger partial charge in [-0.05, 0) is 18.2 Å². The largest absolute Gasteiger partial charge is 0.508 e. The van der Waals surface area contributed by atoms with Gasteiger partial charge in [0.2, 0.25) is 5.82 Å². The van der Waals surface area contributed by atoms with Gasteiger partial charge in [0.05, 0.1) is 5.56 Å². The zero-order valence-corrected chi connectivity index (χ0v) is 9.66. The average molecular weight is 252 g/mol. The lowest BCUT2D eigenvalue weighted by Gasteiger charge is -1.94. The summed E-state index contributed by atoms with van der Waals surface area (Å²) in [7, 11) is 0. The zero-order valence-electron chi connectivity index (χ0n) is 9.66. The maximum absolute atomic E-state index is 9.41. The van der Waals surface area contributed by atoms with E-state index in [1.165, 1.54) is 0 Å². The van der Waals surface area contributed by atoms with E-state index in [9.17, 15) is 5.11 Å². The molecule has 92 valence electrons. The Balaban J connectivity index is 1.97. The van der Waals surface area contributed by atoms with Gasteiger partial charge in [0.25, 0.3) is 5.89 Å². The van der Waals surface area contributed by atoms with Crippen LogP contribution in [0, 0.1) is 11.3 Å². The second-order valence-electron chi connectivity index (χ2n) is 3.89. The van der Waals surface area contributed by atoms with E-state index in [-0.39, 0.29) is 5.75 Å². The molecule has 0 unspecified atom stereocenters. The number of nitriles is 1. The number of nitrogens with one attached hydrogen (secondary N) is 1. The topological polar surface area (TPSA) is 98.7 Å². The lowest BCUT2D eigenvalue weighted by atomic mass is 10.2. The first-order valence-electron chi connectivity index (χ1n) is 5.48. The van der Waals surface area contributed by atoms with Crippen LogP contribution in [0.15, 0.2) is 41.1 Å². The van der Waals surface area contributed by atoms with Gasteiger partial charge in [0.15, 0.2) is 0 Å². The van der Waals surface area contributed by atoms with Gasteiger partial charge in [-0.2, -0.15) is 10.2 Å². The molecule has 0 bridgehead atoms. The fourth-order valence-corrected chi connectivity index (χ4v) is 1.69. The van der Waals surface area contributed by atoms with Crippen LogP contribution in [0.25, 0.3) is 22.8 Å². The highest BCUT2D eigenvalue weighted by Gasteiger charge is 2.12. The third kappa shape index (κ3) is 2.05. The molecule has 0 spiro atoms. The first-order chi connectivity index (χ1) is 9.26. The lowest BCUT2D eigenvalue weighted by Crippen LogP contribution is -1.80. The second kappa shape index (κ2) is 4.31. The molecule has 1 aromatic carbocycles. The van der Waals surface area contributed by atoms with Crippen LogP contribution >= 0.6 is 0 Å². The fraction of sp³-hybridized carbons (Fsp3) is 0. The van der Waals surface area contributed by atoms with E-state index in [0.717, 1.165) is 0 Å². The standard InChI is InChI=1S/C13H8N4O2/c14-6-10-4-9(7-15-10)13-16-12(17-19-13)8-2-1-3-11(18)5-8/h1-5,7,15,18H. The highest BCUT2D eigenvalue weighted by molar-refractivity contribution is 5.61. The van der Waals surface area contributed by atoms with Crippen molar-refractivity contribution in [3.8, 4) is 34.7 Å². The second-order valence-corrected chi connectivity index (χ2v) is 3.89. The number of phenolic OH excluding ortho intramolecular Hbond substituents is 1. The third-order valence-electron chi connectivity index (χ3n) is 2.58.